The van der Waals surface area contributed by atoms with Gasteiger partial charge < -0.3 is 17.3 Å². The summed E-state index contributed by atoms with van der Waals surface area (Å²) in [6, 6.07) is 5.58. The number of nitro groups is 1. The maximum absolute atomic E-state index is 13.9. The van der Waals surface area contributed by atoms with Crippen LogP contribution >= 0.6 is 23.1 Å². The highest BCUT2D eigenvalue weighted by molar-refractivity contribution is 7.98. The van der Waals surface area contributed by atoms with Crippen molar-refractivity contribution in [2.75, 3.05) is 0 Å². The Hall–Kier alpha value is -2.75. The van der Waals surface area contributed by atoms with Crippen molar-refractivity contribution in [1.82, 2.24) is 0 Å². The van der Waals surface area contributed by atoms with Crippen LogP contribution in [0.1, 0.15) is 10.4 Å². The number of hydrogen-bond donors (Lipinski definition) is 0. The molecule has 0 saturated heterocycles. The first-order valence-electron chi connectivity index (χ1n) is 8.47. The van der Waals surface area contributed by atoms with Crippen LogP contribution in [-0.4, -0.2) is 12.2 Å². The zero-order chi connectivity index (χ0) is 25.1. The Labute approximate surface area is 187 Å². The van der Waals surface area contributed by atoms with Crippen LogP contribution in [0, 0.1) is 46.1 Å². The molecule has 0 atom stereocenters. The van der Waals surface area contributed by atoms with E-state index < -0.39 is 52.6 Å². The smallest absolute Gasteiger partial charge is 0.418 e. The van der Waals surface area contributed by atoms with Gasteiger partial charge in [0.2, 0.25) is 17.0 Å². The average Bonchev–Trinajstić information content (AvgIpc) is 3.10. The summed E-state index contributed by atoms with van der Waals surface area (Å²) in [5, 5.41) is 11.3. The molecule has 0 amide bonds. The quantitative estimate of drug-likeness (QED) is 0.0562. The molecule has 3 aromatic rings. The second-order valence-electron chi connectivity index (χ2n) is 6.06. The fourth-order valence-corrected chi connectivity index (χ4v) is 4.51. The average molecular weight is 520 g/mol. The third kappa shape index (κ3) is 6.63. The Morgan fingerprint density at radius 3 is 1.85 bits per heavy atom. The summed E-state index contributed by atoms with van der Waals surface area (Å²) < 4.78 is 108. The van der Waals surface area contributed by atoms with E-state index in [0.717, 1.165) is 16.6 Å². The summed E-state index contributed by atoms with van der Waals surface area (Å²) in [5.74, 6) is -10.4. The Morgan fingerprint density at radius 1 is 0.939 bits per heavy atom. The van der Waals surface area contributed by atoms with Crippen molar-refractivity contribution in [3.8, 4) is 5.69 Å². The van der Waals surface area contributed by atoms with Gasteiger partial charge in [-0.1, -0.05) is 23.1 Å². The van der Waals surface area contributed by atoms with Gasteiger partial charge in [0.1, 0.15) is 0 Å². The summed E-state index contributed by atoms with van der Waals surface area (Å²) in [5.41, 5.74) is 1.21. The summed E-state index contributed by atoms with van der Waals surface area (Å²) in [4.78, 5) is 11.0. The van der Waals surface area contributed by atoms with Gasteiger partial charge in [-0.05, 0) is 6.92 Å². The monoisotopic (exact) mass is 520 g/mol. The Balaban J connectivity index is 0.000000696. The van der Waals surface area contributed by atoms with Crippen LogP contribution in [-0.2, 0) is 5.75 Å². The summed E-state index contributed by atoms with van der Waals surface area (Å²) in [6.45, 7) is 1.73. The second-order valence-corrected chi connectivity index (χ2v) is 8.08. The normalized spacial score (nSPS) is 11.2. The second kappa shape index (κ2) is 10.5. The number of hydrogen-bond acceptors (Lipinski definition) is 4. The predicted octanol–water partition coefficient (Wildman–Crippen LogP) is 6.53. The van der Waals surface area contributed by atoms with Crippen molar-refractivity contribution in [3.63, 3.8) is 0 Å². The summed E-state index contributed by atoms with van der Waals surface area (Å²) in [7, 11) is -6.00. The molecule has 0 spiro atoms. The molecule has 33 heavy (non-hydrogen) atoms. The van der Waals surface area contributed by atoms with Crippen LogP contribution in [0.3, 0.4) is 0 Å². The van der Waals surface area contributed by atoms with Gasteiger partial charge in [-0.25, -0.2) is 22.0 Å². The van der Waals surface area contributed by atoms with E-state index in [1.54, 1.807) is 17.0 Å². The molecule has 0 N–H and O–H groups in total. The van der Waals surface area contributed by atoms with E-state index in [1.807, 2.05) is 0 Å². The van der Waals surface area contributed by atoms with Crippen LogP contribution in [0.25, 0.3) is 5.69 Å². The molecule has 0 fully saturated rings. The fourth-order valence-electron chi connectivity index (χ4n) is 2.40. The van der Waals surface area contributed by atoms with Gasteiger partial charge in [0.05, 0.1) is 9.80 Å². The van der Waals surface area contributed by atoms with E-state index in [4.69, 9.17) is 0 Å². The minimum absolute atomic E-state index is 0.105. The molecule has 16 heteroatoms. The SMILES string of the molecule is Cc1sc[n+](-c2ccc([N+](=O)[O-])cc2)c1SCc1c(F)c(F)c(F)c(F)c1F.F[B-](F)(F)F. The third-order valence-electron chi connectivity index (χ3n) is 3.85. The van der Waals surface area contributed by atoms with Crippen molar-refractivity contribution >= 4 is 36.0 Å². The van der Waals surface area contributed by atoms with E-state index >= 15 is 0 Å². The molecule has 0 aliphatic heterocycles. The lowest BCUT2D eigenvalue weighted by Crippen LogP contribution is -2.30. The molecule has 4 nitrogen and oxygen atoms in total. The number of rotatable bonds is 5. The Bertz CT molecular complexity index is 1140. The fraction of sp³-hybridized carbons (Fsp3) is 0.118. The lowest BCUT2D eigenvalue weighted by molar-refractivity contribution is -0.630. The molecular formula is C17H10BF9N2O2S2. The molecule has 0 aliphatic carbocycles. The number of nitro benzene ring substituents is 1. The van der Waals surface area contributed by atoms with Crippen molar-refractivity contribution < 1.29 is 48.7 Å². The molecule has 3 rings (SSSR count). The van der Waals surface area contributed by atoms with Crippen LogP contribution < -0.4 is 4.57 Å². The van der Waals surface area contributed by atoms with Gasteiger partial charge in [0, 0.05) is 35.6 Å². The van der Waals surface area contributed by atoms with Crippen LogP contribution in [0.2, 0.25) is 0 Å². The zero-order valence-corrected chi connectivity index (χ0v) is 17.7. The standard InChI is InChI=1S/C17H10F5N2O2S2.BF4/c1-8-17(23(7-28-8)9-2-4-10(5-3-9)24(25)26)27-6-11-12(18)14(20)16(22)15(21)13(11)19;2-1(3,4)5/h2-5,7H,6H2,1H3;/q+1;-1. The van der Waals surface area contributed by atoms with Crippen LogP contribution in [0.5, 0.6) is 0 Å². The number of non-ortho nitro benzene ring substituents is 1. The van der Waals surface area contributed by atoms with Gasteiger partial charge in [-0.2, -0.15) is 0 Å². The molecule has 0 unspecified atom stereocenters. The molecule has 0 bridgehead atoms. The van der Waals surface area contributed by atoms with E-state index in [1.165, 1.54) is 35.6 Å². The molecule has 2 aromatic carbocycles. The minimum atomic E-state index is -6.00. The molecule has 1 aromatic heterocycles. The summed E-state index contributed by atoms with van der Waals surface area (Å²) in [6.07, 6.45) is 0. The summed E-state index contributed by atoms with van der Waals surface area (Å²) >= 11 is 2.20. The predicted molar refractivity (Wildman–Crippen MR) is 103 cm³/mol. The number of thiazole rings is 1. The Morgan fingerprint density at radius 2 is 1.39 bits per heavy atom. The highest BCUT2D eigenvalue weighted by atomic mass is 32.2. The molecule has 178 valence electrons. The van der Waals surface area contributed by atoms with Crippen LogP contribution in [0.4, 0.5) is 44.9 Å². The van der Waals surface area contributed by atoms with Gasteiger partial charge >= 0.3 is 7.25 Å². The lowest BCUT2D eigenvalue weighted by Gasteiger charge is -2.07. The molecule has 0 aliphatic rings. The highest BCUT2D eigenvalue weighted by Gasteiger charge is 2.28. The van der Waals surface area contributed by atoms with Crippen molar-refractivity contribution in [3.05, 3.63) is 79.4 Å². The van der Waals surface area contributed by atoms with E-state index in [-0.39, 0.29) is 5.69 Å². The first-order valence-corrected chi connectivity index (χ1v) is 10.3. The zero-order valence-electron chi connectivity index (χ0n) is 16.1. The molecule has 1 heterocycles. The number of aromatic nitrogens is 1. The maximum Gasteiger partial charge on any atom is 0.673 e. The number of halogens is 9. The number of thioether (sulfide) groups is 1. The maximum atomic E-state index is 13.9. The number of aryl methyl sites for hydroxylation is 1. The van der Waals surface area contributed by atoms with E-state index in [9.17, 15) is 49.3 Å². The largest absolute Gasteiger partial charge is 0.673 e. The number of nitrogens with zero attached hydrogens (tertiary/aromatic N) is 2. The van der Waals surface area contributed by atoms with Gasteiger partial charge in [0.25, 0.3) is 10.7 Å². The van der Waals surface area contributed by atoms with Crippen molar-refractivity contribution in [2.24, 2.45) is 0 Å². The van der Waals surface area contributed by atoms with Crippen molar-refractivity contribution in [2.45, 2.75) is 17.7 Å². The van der Waals surface area contributed by atoms with E-state index in [0.29, 0.717) is 10.7 Å². The van der Waals surface area contributed by atoms with Crippen LogP contribution in [0.15, 0.2) is 34.8 Å². The van der Waals surface area contributed by atoms with Gasteiger partial charge in [-0.15, -0.1) is 4.57 Å². The topological polar surface area (TPSA) is 47.0 Å². The lowest BCUT2D eigenvalue weighted by atomic mass is 10.2. The molecular weight excluding hydrogens is 510 g/mol. The first kappa shape index (κ1) is 26.5. The van der Waals surface area contributed by atoms with Gasteiger partial charge in [-0.3, -0.25) is 10.1 Å². The number of benzene rings is 2. The van der Waals surface area contributed by atoms with E-state index in [2.05, 4.69) is 0 Å². The first-order chi connectivity index (χ1) is 15.2. The molecule has 0 radical (unpaired) electrons. The third-order valence-corrected chi connectivity index (χ3v) is 6.05. The van der Waals surface area contributed by atoms with Crippen molar-refractivity contribution in [1.29, 1.82) is 0 Å². The molecule has 0 saturated carbocycles. The van der Waals surface area contributed by atoms with Gasteiger partial charge in [0.15, 0.2) is 23.3 Å². The highest BCUT2D eigenvalue weighted by Crippen LogP contribution is 2.31. The minimum Gasteiger partial charge on any atom is -0.418 e. The Kier molecular flexibility index (Phi) is 8.40.